The molecule has 2 aromatic rings. The molecule has 2 nitrogen and oxygen atoms in total. The lowest BCUT2D eigenvalue weighted by molar-refractivity contribution is 0.0896. The third-order valence-corrected chi connectivity index (χ3v) is 3.54. The van der Waals surface area contributed by atoms with Crippen LogP contribution >= 0.6 is 22.9 Å². The molecule has 1 heterocycles. The third-order valence-electron chi connectivity index (χ3n) is 2.26. The predicted molar refractivity (Wildman–Crippen MR) is 69.0 cm³/mol. The van der Waals surface area contributed by atoms with E-state index in [9.17, 15) is 9.59 Å². The minimum Gasteiger partial charge on any atom is -0.294 e. The molecule has 0 radical (unpaired) electrons. The minimum absolute atomic E-state index is 0.110. The van der Waals surface area contributed by atoms with Crippen molar-refractivity contribution in [3.8, 4) is 0 Å². The van der Waals surface area contributed by atoms with Crippen molar-refractivity contribution < 1.29 is 9.59 Å². The van der Waals surface area contributed by atoms with Crippen LogP contribution in [0.25, 0.3) is 0 Å². The van der Waals surface area contributed by atoms with E-state index in [-0.39, 0.29) is 18.0 Å². The fourth-order valence-corrected chi connectivity index (χ4v) is 2.40. The molecule has 0 saturated carbocycles. The van der Waals surface area contributed by atoms with E-state index in [1.54, 1.807) is 36.4 Å². The Morgan fingerprint density at radius 1 is 1.00 bits per heavy atom. The quantitative estimate of drug-likeness (QED) is 0.621. The molecule has 0 unspecified atom stereocenters. The van der Waals surface area contributed by atoms with E-state index in [1.165, 1.54) is 11.3 Å². The number of thiophene rings is 1. The monoisotopic (exact) mass is 264 g/mol. The van der Waals surface area contributed by atoms with Crippen LogP contribution in [0.1, 0.15) is 26.5 Å². The van der Waals surface area contributed by atoms with Crippen molar-refractivity contribution in [1.29, 1.82) is 0 Å². The van der Waals surface area contributed by atoms with Crippen LogP contribution in [0, 0.1) is 0 Å². The van der Waals surface area contributed by atoms with E-state index in [0.717, 1.165) is 0 Å². The maximum atomic E-state index is 11.8. The molecule has 0 spiro atoms. The Labute approximate surface area is 108 Å². The van der Waals surface area contributed by atoms with E-state index in [1.807, 2.05) is 6.07 Å². The molecular weight excluding hydrogens is 256 g/mol. The highest BCUT2D eigenvalue weighted by molar-refractivity contribution is 7.18. The number of carbonyl (C=O) groups is 2. The summed E-state index contributed by atoms with van der Waals surface area (Å²) in [5.41, 5.74) is 0.559. The van der Waals surface area contributed by atoms with Gasteiger partial charge in [0.1, 0.15) is 0 Å². The van der Waals surface area contributed by atoms with Gasteiger partial charge in [-0.2, -0.15) is 0 Å². The summed E-state index contributed by atoms with van der Waals surface area (Å²) in [7, 11) is 0. The first-order valence-electron chi connectivity index (χ1n) is 5.03. The predicted octanol–water partition coefficient (Wildman–Crippen LogP) is 3.86. The zero-order valence-electron chi connectivity index (χ0n) is 8.85. The van der Waals surface area contributed by atoms with E-state index in [0.29, 0.717) is 14.8 Å². The summed E-state index contributed by atoms with van der Waals surface area (Å²) in [6.07, 6.45) is -0.110. The van der Waals surface area contributed by atoms with Gasteiger partial charge in [-0.3, -0.25) is 9.59 Å². The Hall–Kier alpha value is -1.45. The van der Waals surface area contributed by atoms with Gasteiger partial charge < -0.3 is 0 Å². The van der Waals surface area contributed by atoms with E-state index >= 15 is 0 Å². The Kier molecular flexibility index (Phi) is 3.71. The molecule has 0 fully saturated rings. The van der Waals surface area contributed by atoms with Crippen molar-refractivity contribution in [2.75, 3.05) is 0 Å². The molecule has 0 atom stereocenters. The minimum atomic E-state index is -0.184. The number of hydrogen-bond donors (Lipinski definition) is 0. The number of ketones is 2. The van der Waals surface area contributed by atoms with Gasteiger partial charge in [-0.05, 0) is 12.1 Å². The molecule has 2 rings (SSSR count). The van der Waals surface area contributed by atoms with Crippen LogP contribution in [0.4, 0.5) is 0 Å². The number of benzene rings is 1. The standard InChI is InChI=1S/C13H9ClO2S/c14-13-7-6-12(17-13)11(16)8-10(15)9-4-2-1-3-5-9/h1-7H,8H2. The zero-order chi connectivity index (χ0) is 12.3. The van der Waals surface area contributed by atoms with Crippen LogP contribution in [-0.4, -0.2) is 11.6 Å². The summed E-state index contributed by atoms with van der Waals surface area (Å²) in [6, 6.07) is 12.1. The molecule has 86 valence electrons. The second-order valence-corrected chi connectivity index (χ2v) is 5.21. The summed E-state index contributed by atoms with van der Waals surface area (Å²) in [5, 5.41) is 0. The zero-order valence-corrected chi connectivity index (χ0v) is 10.4. The van der Waals surface area contributed by atoms with Crippen LogP contribution in [0.5, 0.6) is 0 Å². The molecule has 0 N–H and O–H groups in total. The Balaban J connectivity index is 2.07. The Bertz CT molecular complexity index is 546. The lowest BCUT2D eigenvalue weighted by atomic mass is 10.1. The van der Waals surface area contributed by atoms with Crippen molar-refractivity contribution in [3.63, 3.8) is 0 Å². The van der Waals surface area contributed by atoms with Crippen molar-refractivity contribution in [1.82, 2.24) is 0 Å². The third kappa shape index (κ3) is 3.02. The average molecular weight is 265 g/mol. The lowest BCUT2D eigenvalue weighted by Gasteiger charge is -1.98. The molecule has 0 bridgehead atoms. The lowest BCUT2D eigenvalue weighted by Crippen LogP contribution is -2.07. The van der Waals surface area contributed by atoms with Gasteiger partial charge in [-0.15, -0.1) is 11.3 Å². The van der Waals surface area contributed by atoms with Gasteiger partial charge in [-0.25, -0.2) is 0 Å². The fraction of sp³-hybridized carbons (Fsp3) is 0.0769. The molecule has 1 aromatic heterocycles. The molecular formula is C13H9ClO2S. The summed E-state index contributed by atoms with van der Waals surface area (Å²) >= 11 is 6.94. The highest BCUT2D eigenvalue weighted by Crippen LogP contribution is 2.23. The van der Waals surface area contributed by atoms with Gasteiger partial charge >= 0.3 is 0 Å². The second kappa shape index (κ2) is 5.25. The molecule has 0 saturated heterocycles. The molecule has 0 aliphatic rings. The van der Waals surface area contributed by atoms with Crippen molar-refractivity contribution in [2.24, 2.45) is 0 Å². The van der Waals surface area contributed by atoms with Gasteiger partial charge in [-0.1, -0.05) is 41.9 Å². The SMILES string of the molecule is O=C(CC(=O)c1ccc(Cl)s1)c1ccccc1. The largest absolute Gasteiger partial charge is 0.294 e. The summed E-state index contributed by atoms with van der Waals surface area (Å²) in [4.78, 5) is 24.1. The molecule has 0 aliphatic heterocycles. The first-order valence-corrected chi connectivity index (χ1v) is 6.23. The molecule has 4 heteroatoms. The molecule has 0 aliphatic carbocycles. The fourth-order valence-electron chi connectivity index (χ4n) is 1.42. The number of halogens is 1. The maximum absolute atomic E-state index is 11.8. The van der Waals surface area contributed by atoms with Crippen molar-refractivity contribution in [2.45, 2.75) is 6.42 Å². The van der Waals surface area contributed by atoms with Gasteiger partial charge in [0.15, 0.2) is 11.6 Å². The van der Waals surface area contributed by atoms with Crippen LogP contribution in [0.15, 0.2) is 42.5 Å². The number of carbonyl (C=O) groups excluding carboxylic acids is 2. The number of hydrogen-bond acceptors (Lipinski definition) is 3. The van der Waals surface area contributed by atoms with Crippen molar-refractivity contribution in [3.05, 3.63) is 57.2 Å². The molecule has 17 heavy (non-hydrogen) atoms. The van der Waals surface area contributed by atoms with E-state index < -0.39 is 0 Å². The Morgan fingerprint density at radius 3 is 2.29 bits per heavy atom. The molecule has 0 amide bonds. The Morgan fingerprint density at radius 2 is 1.71 bits per heavy atom. The number of rotatable bonds is 4. The van der Waals surface area contributed by atoms with Crippen LogP contribution < -0.4 is 0 Å². The van der Waals surface area contributed by atoms with Gasteiger partial charge in [0.2, 0.25) is 0 Å². The number of Topliss-reactive ketones (excluding diaryl/α,β-unsaturated/α-hetero) is 2. The van der Waals surface area contributed by atoms with Crippen LogP contribution in [-0.2, 0) is 0 Å². The summed E-state index contributed by atoms with van der Waals surface area (Å²) in [6.45, 7) is 0. The maximum Gasteiger partial charge on any atom is 0.180 e. The summed E-state index contributed by atoms with van der Waals surface area (Å²) in [5.74, 6) is -0.351. The first kappa shape index (κ1) is 12.0. The highest BCUT2D eigenvalue weighted by Gasteiger charge is 2.14. The van der Waals surface area contributed by atoms with E-state index in [4.69, 9.17) is 11.6 Å². The van der Waals surface area contributed by atoms with Crippen molar-refractivity contribution >= 4 is 34.5 Å². The van der Waals surface area contributed by atoms with E-state index in [2.05, 4.69) is 0 Å². The average Bonchev–Trinajstić information content (AvgIpc) is 2.77. The normalized spacial score (nSPS) is 10.2. The van der Waals surface area contributed by atoms with Gasteiger partial charge in [0, 0.05) is 5.56 Å². The van der Waals surface area contributed by atoms with Gasteiger partial charge in [0.05, 0.1) is 15.6 Å². The topological polar surface area (TPSA) is 34.1 Å². The summed E-state index contributed by atoms with van der Waals surface area (Å²) < 4.78 is 0.556. The van der Waals surface area contributed by atoms with Gasteiger partial charge in [0.25, 0.3) is 0 Å². The van der Waals surface area contributed by atoms with Crippen LogP contribution in [0.3, 0.4) is 0 Å². The van der Waals surface area contributed by atoms with Crippen LogP contribution in [0.2, 0.25) is 4.34 Å². The second-order valence-electron chi connectivity index (χ2n) is 3.49. The first-order chi connectivity index (χ1) is 8.16. The smallest absolute Gasteiger partial charge is 0.180 e. The molecule has 1 aromatic carbocycles. The highest BCUT2D eigenvalue weighted by atomic mass is 35.5.